The Morgan fingerprint density at radius 3 is 2.02 bits per heavy atom. The van der Waals surface area contributed by atoms with E-state index in [1.54, 1.807) is 0 Å². The third kappa shape index (κ3) is 6.86. The van der Waals surface area contributed by atoms with Gasteiger partial charge in [-0.25, -0.2) is 0 Å². The highest BCUT2D eigenvalue weighted by atomic mass is 15.2. The number of aryl methyl sites for hydroxylation is 1. The van der Waals surface area contributed by atoms with Crippen molar-refractivity contribution in [3.05, 3.63) is 183 Å². The van der Waals surface area contributed by atoms with Crippen molar-refractivity contribution in [2.24, 2.45) is 16.2 Å². The molecule has 2 unspecified atom stereocenters. The fourth-order valence-corrected chi connectivity index (χ4v) is 11.0. The predicted molar refractivity (Wildman–Crippen MR) is 271 cm³/mol. The van der Waals surface area contributed by atoms with Crippen LogP contribution in [-0.4, -0.2) is 12.8 Å². The van der Waals surface area contributed by atoms with Crippen molar-refractivity contribution in [3.63, 3.8) is 0 Å². The molecular weight excluding hydrogens is 761 g/mol. The molecule has 0 amide bonds. The van der Waals surface area contributed by atoms with Crippen LogP contribution in [0.2, 0.25) is 0 Å². The minimum absolute atomic E-state index is 0.00116. The van der Waals surface area contributed by atoms with Crippen molar-refractivity contribution >= 4 is 34.8 Å². The van der Waals surface area contributed by atoms with E-state index in [1.165, 1.54) is 101 Å². The summed E-state index contributed by atoms with van der Waals surface area (Å²) in [6.45, 7) is 28.6. The molecule has 4 aromatic rings. The molecule has 2 atom stereocenters. The quantitative estimate of drug-likeness (QED) is 0.207. The van der Waals surface area contributed by atoms with Gasteiger partial charge in [0.2, 0.25) is 6.71 Å². The Kier molecular flexibility index (Phi) is 9.58. The first-order valence-electron chi connectivity index (χ1n) is 23.6. The zero-order valence-electron chi connectivity index (χ0n) is 39.9. The lowest BCUT2D eigenvalue weighted by Gasteiger charge is -2.51. The molecule has 0 spiro atoms. The van der Waals surface area contributed by atoms with Gasteiger partial charge in [0.25, 0.3) is 0 Å². The molecule has 6 aliphatic rings. The van der Waals surface area contributed by atoms with Crippen LogP contribution in [0, 0.1) is 23.2 Å². The Morgan fingerprint density at radius 2 is 1.37 bits per heavy atom. The molecule has 0 aromatic heterocycles. The molecule has 4 heteroatoms. The molecule has 3 aliphatic heterocycles. The van der Waals surface area contributed by atoms with E-state index >= 15 is 0 Å². The van der Waals surface area contributed by atoms with Gasteiger partial charge in [0.15, 0.2) is 0 Å². The van der Waals surface area contributed by atoms with E-state index in [0.717, 1.165) is 25.7 Å². The maximum atomic E-state index is 4.37. The summed E-state index contributed by atoms with van der Waals surface area (Å²) in [5.41, 5.74) is 24.0. The molecular formula is C59H66BN3. The molecule has 1 N–H and O–H groups in total. The van der Waals surface area contributed by atoms with Crippen molar-refractivity contribution in [2.45, 2.75) is 120 Å². The first-order chi connectivity index (χ1) is 29.8. The topological polar surface area (TPSA) is 18.5 Å². The number of nitrogens with one attached hydrogen (secondary N) is 1. The van der Waals surface area contributed by atoms with E-state index in [9.17, 15) is 0 Å². The number of hydrogen-bond donors (Lipinski definition) is 1. The van der Waals surface area contributed by atoms with Crippen LogP contribution >= 0.6 is 0 Å². The minimum Gasteiger partial charge on any atom is -0.382 e. The highest BCUT2D eigenvalue weighted by molar-refractivity contribution is 6.88. The van der Waals surface area contributed by atoms with Gasteiger partial charge in [0.1, 0.15) is 0 Å². The minimum atomic E-state index is -0.0232. The number of allylic oxidation sites excluding steroid dienone is 7. The van der Waals surface area contributed by atoms with Gasteiger partial charge in [-0.05, 0) is 125 Å². The zero-order valence-corrected chi connectivity index (χ0v) is 39.9. The van der Waals surface area contributed by atoms with Gasteiger partial charge >= 0.3 is 0 Å². The second-order valence-corrected chi connectivity index (χ2v) is 22.7. The second-order valence-electron chi connectivity index (χ2n) is 22.7. The van der Waals surface area contributed by atoms with Crippen molar-refractivity contribution in [3.8, 4) is 11.1 Å². The van der Waals surface area contributed by atoms with Crippen LogP contribution in [0.3, 0.4) is 0 Å². The van der Waals surface area contributed by atoms with Gasteiger partial charge in [0, 0.05) is 56.9 Å². The van der Waals surface area contributed by atoms with Crippen molar-refractivity contribution in [1.29, 1.82) is 0 Å². The normalized spacial score (nSPS) is 22.0. The van der Waals surface area contributed by atoms with Gasteiger partial charge in [-0.3, -0.25) is 0 Å². The number of nitrogens with zero attached hydrogens (tertiary/aromatic N) is 2. The Hall–Kier alpha value is -5.48. The molecule has 63 heavy (non-hydrogen) atoms. The summed E-state index contributed by atoms with van der Waals surface area (Å²) in [6.07, 6.45) is 14.3. The zero-order chi connectivity index (χ0) is 44.4. The predicted octanol–water partition coefficient (Wildman–Crippen LogP) is 14.6. The third-order valence-electron chi connectivity index (χ3n) is 15.4. The van der Waals surface area contributed by atoms with E-state index < -0.39 is 0 Å². The average Bonchev–Trinajstić information content (AvgIpc) is 3.23. The molecule has 3 heterocycles. The van der Waals surface area contributed by atoms with E-state index in [0.29, 0.717) is 0 Å². The lowest BCUT2D eigenvalue weighted by atomic mass is 9.34. The van der Waals surface area contributed by atoms with Crippen LogP contribution in [-0.2, 0) is 5.41 Å². The number of anilines is 3. The van der Waals surface area contributed by atoms with Crippen LogP contribution in [0.5, 0.6) is 0 Å². The van der Waals surface area contributed by atoms with Gasteiger partial charge in [-0.1, -0.05) is 171 Å². The molecule has 320 valence electrons. The Bertz CT molecular complexity index is 2790. The van der Waals surface area contributed by atoms with E-state index in [2.05, 4.69) is 219 Å². The largest absolute Gasteiger partial charge is 0.382 e. The Labute approximate surface area is 378 Å². The first-order valence-corrected chi connectivity index (χ1v) is 23.6. The van der Waals surface area contributed by atoms with Gasteiger partial charge in [-0.15, -0.1) is 0 Å². The van der Waals surface area contributed by atoms with E-state index in [4.69, 9.17) is 0 Å². The summed E-state index contributed by atoms with van der Waals surface area (Å²) in [7, 11) is 0. The summed E-state index contributed by atoms with van der Waals surface area (Å²) in [6, 6.07) is 34.7. The smallest absolute Gasteiger partial charge is 0.242 e. The maximum Gasteiger partial charge on any atom is 0.242 e. The summed E-state index contributed by atoms with van der Waals surface area (Å²) in [5.74, 6) is 2.68. The van der Waals surface area contributed by atoms with Crippen LogP contribution in [0.15, 0.2) is 166 Å². The highest BCUT2D eigenvalue weighted by Crippen LogP contribution is 2.55. The molecule has 0 saturated heterocycles. The average molecular weight is 828 g/mol. The van der Waals surface area contributed by atoms with E-state index in [1.807, 2.05) is 0 Å². The Morgan fingerprint density at radius 1 is 0.698 bits per heavy atom. The molecule has 0 radical (unpaired) electrons. The lowest BCUT2D eigenvalue weighted by molar-refractivity contribution is 0.170. The van der Waals surface area contributed by atoms with Crippen molar-refractivity contribution < 1.29 is 0 Å². The molecule has 0 fully saturated rings. The monoisotopic (exact) mass is 828 g/mol. The third-order valence-corrected chi connectivity index (χ3v) is 15.4. The highest BCUT2D eigenvalue weighted by Gasteiger charge is 2.49. The molecule has 3 aliphatic carbocycles. The fourth-order valence-electron chi connectivity index (χ4n) is 11.0. The second kappa shape index (κ2) is 14.5. The number of hydrogen-bond acceptors (Lipinski definition) is 3. The number of fused-ring (bicyclic) bond motifs is 1. The van der Waals surface area contributed by atoms with Crippen molar-refractivity contribution in [2.75, 3.05) is 9.80 Å². The molecule has 4 aromatic carbocycles. The van der Waals surface area contributed by atoms with E-state index in [-0.39, 0.29) is 34.4 Å². The number of benzene rings is 4. The lowest BCUT2D eigenvalue weighted by Crippen LogP contribution is -2.55. The van der Waals surface area contributed by atoms with Crippen LogP contribution in [0.4, 0.5) is 17.1 Å². The maximum absolute atomic E-state index is 4.37. The van der Waals surface area contributed by atoms with Crippen LogP contribution in [0.1, 0.15) is 119 Å². The standard InChI is InChI=1S/C59H66BN3/c1-37-23-25-46-44(29-37)53-36-60-54-47(61-46)33-42(57(6,7)8)34-52(54)62(48-26-24-41(56(3,4)5)32-43(48)39-19-15-13-16-20-39)50-30-38(2)31-51(55(50)60)63(53)49-27-28-59(12,58(9,10)11)35-45(49)40-21-17-14-18-22-40/h13-22,24,26-27,29-32,34-36,47,61H,23,25,28,33H2,1-12H3. The fraction of sp³-hybridized carbons (Fsp3) is 0.356. The van der Waals surface area contributed by atoms with Gasteiger partial charge in [0.05, 0.1) is 5.69 Å². The Balaban J connectivity index is 1.31. The SMILES string of the molecule is CC1=CC2=C(CC1)NC1CC(C(C)(C)C)=CC3=C1B1C=C2N(C2=CCC(C)(C(C)(C)C)C=C2c2ccccc2)c2cc(C)cc(c21)N3c1ccc(C(C)(C)C)cc1-c1ccccc1. The summed E-state index contributed by atoms with van der Waals surface area (Å²) < 4.78 is 0. The molecule has 0 saturated carbocycles. The van der Waals surface area contributed by atoms with Gasteiger partial charge in [-0.2, -0.15) is 0 Å². The molecule has 10 rings (SSSR count). The molecule has 3 nitrogen and oxygen atoms in total. The first kappa shape index (κ1) is 41.5. The van der Waals surface area contributed by atoms with Crippen LogP contribution < -0.4 is 20.6 Å². The molecule has 2 bridgehead atoms. The summed E-state index contributed by atoms with van der Waals surface area (Å²) >= 11 is 0. The van der Waals surface area contributed by atoms with Crippen LogP contribution in [0.25, 0.3) is 16.7 Å². The summed E-state index contributed by atoms with van der Waals surface area (Å²) in [4.78, 5) is 5.38. The summed E-state index contributed by atoms with van der Waals surface area (Å²) in [5, 5.41) is 4.37. The van der Waals surface area contributed by atoms with Gasteiger partial charge < -0.3 is 15.1 Å². The number of rotatable bonds is 4. The van der Waals surface area contributed by atoms with Crippen molar-refractivity contribution in [1.82, 2.24) is 5.32 Å².